The Morgan fingerprint density at radius 1 is 0.158 bits per heavy atom. The largest absolute Gasteiger partial charge is 0.309 e. The van der Waals surface area contributed by atoms with Crippen molar-refractivity contribution in [3.8, 4) is 56.1 Å². The number of benzene rings is 12. The van der Waals surface area contributed by atoms with Gasteiger partial charge in [-0.05, 0) is 95.1 Å². The van der Waals surface area contributed by atoms with Gasteiger partial charge in [0, 0.05) is 54.2 Å². The molecule has 4 aromatic heterocycles. The summed E-state index contributed by atoms with van der Waals surface area (Å²) in [6, 6.07) is 103. The highest BCUT2D eigenvalue weighted by atomic mass is 15.0. The van der Waals surface area contributed by atoms with E-state index in [4.69, 9.17) is 0 Å². The fraction of sp³-hybridized carbons (Fsp3) is 0. The second-order valence-corrected chi connectivity index (χ2v) is 20.0. The molecular weight excluding hydrogens is 921 g/mol. The zero-order chi connectivity index (χ0) is 49.8. The first-order valence-electron chi connectivity index (χ1n) is 26.2. The van der Waals surface area contributed by atoms with Gasteiger partial charge < -0.3 is 18.3 Å². The number of rotatable bonds is 7. The van der Waals surface area contributed by atoms with Crippen LogP contribution in [0.5, 0.6) is 0 Å². The number of para-hydroxylation sites is 8. The molecule has 0 spiro atoms. The Hall–Kier alpha value is -10.2. The fourth-order valence-corrected chi connectivity index (χ4v) is 12.8. The Bertz CT molecular complexity index is 4190. The van der Waals surface area contributed by atoms with Gasteiger partial charge in [0.2, 0.25) is 0 Å². The fourth-order valence-electron chi connectivity index (χ4n) is 12.8. The van der Waals surface area contributed by atoms with Crippen LogP contribution in [0.15, 0.2) is 279 Å². The van der Waals surface area contributed by atoms with E-state index in [9.17, 15) is 0 Å². The first kappa shape index (κ1) is 42.4. The van der Waals surface area contributed by atoms with Gasteiger partial charge in [-0.2, -0.15) is 0 Å². The van der Waals surface area contributed by atoms with Crippen molar-refractivity contribution >= 4 is 87.2 Å². The maximum atomic E-state index is 2.52. The molecule has 0 amide bonds. The van der Waals surface area contributed by atoms with Crippen molar-refractivity contribution < 1.29 is 0 Å². The molecule has 0 aliphatic rings. The van der Waals surface area contributed by atoms with Crippen LogP contribution in [-0.2, 0) is 0 Å². The molecule has 16 aromatic rings. The predicted molar refractivity (Wildman–Crippen MR) is 320 cm³/mol. The zero-order valence-electron chi connectivity index (χ0n) is 41.3. The third kappa shape index (κ3) is 6.19. The Morgan fingerprint density at radius 3 is 0.526 bits per heavy atom. The van der Waals surface area contributed by atoms with Crippen molar-refractivity contribution in [3.05, 3.63) is 279 Å². The van der Waals surface area contributed by atoms with Crippen molar-refractivity contribution in [2.75, 3.05) is 0 Å². The van der Waals surface area contributed by atoms with Crippen LogP contribution in [0.2, 0.25) is 0 Å². The summed E-state index contributed by atoms with van der Waals surface area (Å²) in [7, 11) is 0. The van der Waals surface area contributed by atoms with Gasteiger partial charge in [0.15, 0.2) is 0 Å². The summed E-state index contributed by atoms with van der Waals surface area (Å²) < 4.78 is 10.1. The quantitative estimate of drug-likeness (QED) is 0.152. The van der Waals surface area contributed by atoms with E-state index in [0.29, 0.717) is 0 Å². The molecule has 4 heterocycles. The lowest BCUT2D eigenvalue weighted by molar-refractivity contribution is 1.13. The normalized spacial score (nSPS) is 11.9. The summed E-state index contributed by atoms with van der Waals surface area (Å²) in [5.41, 5.74) is 20.4. The van der Waals surface area contributed by atoms with Crippen LogP contribution in [0.3, 0.4) is 0 Å². The molecule has 354 valence electrons. The minimum atomic E-state index is 1.09. The molecule has 4 heteroatoms. The first-order chi connectivity index (χ1) is 37.8. The molecule has 0 atom stereocenters. The molecule has 0 aliphatic heterocycles. The van der Waals surface area contributed by atoms with E-state index >= 15 is 0 Å². The van der Waals surface area contributed by atoms with E-state index in [0.717, 1.165) is 100 Å². The van der Waals surface area contributed by atoms with E-state index in [1.807, 2.05) is 0 Å². The molecule has 4 nitrogen and oxygen atoms in total. The highest BCUT2D eigenvalue weighted by Crippen LogP contribution is 2.48. The van der Waals surface area contributed by atoms with E-state index in [-0.39, 0.29) is 0 Å². The van der Waals surface area contributed by atoms with Crippen LogP contribution in [-0.4, -0.2) is 18.3 Å². The SMILES string of the molecule is c1ccc(-c2c(-n3c4ccccc4c4ccccc43)cc(-c3cc(-n4c5ccccc5c5ccccc54)c(-c4ccccc4)c(-n4c5ccccc5c5ccccc54)c3)cc2-n2c3ccccc3c3ccccc32)cc1. The van der Waals surface area contributed by atoms with Gasteiger partial charge in [0.1, 0.15) is 0 Å². The van der Waals surface area contributed by atoms with Gasteiger partial charge >= 0.3 is 0 Å². The predicted octanol–water partition coefficient (Wildman–Crippen LogP) is 19.1. The molecule has 0 aliphatic carbocycles. The van der Waals surface area contributed by atoms with Crippen LogP contribution >= 0.6 is 0 Å². The van der Waals surface area contributed by atoms with Crippen LogP contribution in [0.4, 0.5) is 0 Å². The maximum absolute atomic E-state index is 2.52. The first-order valence-corrected chi connectivity index (χ1v) is 26.2. The van der Waals surface area contributed by atoms with Crippen molar-refractivity contribution in [2.24, 2.45) is 0 Å². The molecule has 0 bridgehead atoms. The second kappa shape index (κ2) is 16.7. The van der Waals surface area contributed by atoms with Gasteiger partial charge in [0.05, 0.1) is 66.9 Å². The Kier molecular flexibility index (Phi) is 9.30. The van der Waals surface area contributed by atoms with Crippen LogP contribution in [0, 0.1) is 0 Å². The molecule has 0 saturated heterocycles. The molecule has 12 aromatic carbocycles. The Balaban J connectivity index is 1.13. The van der Waals surface area contributed by atoms with E-state index in [1.165, 1.54) is 43.1 Å². The molecule has 0 unspecified atom stereocenters. The third-order valence-electron chi connectivity index (χ3n) is 15.9. The summed E-state index contributed by atoms with van der Waals surface area (Å²) in [6.07, 6.45) is 0. The van der Waals surface area contributed by atoms with Gasteiger partial charge in [-0.1, -0.05) is 206 Å². The average Bonchev–Trinajstić information content (AvgIpc) is 4.24. The topological polar surface area (TPSA) is 19.7 Å². The standard InChI is InChI=1S/C72H46N4/c1-3-23-47(24-4-1)71-67(73-59-35-15-7-27-51(59)52-28-8-16-36-60(52)73)43-49(44-68(71)74-61-37-17-9-29-53(61)54-30-10-18-38-62(54)74)50-45-69(75-63-39-19-11-31-55(63)56-32-12-20-40-64(56)75)72(48-25-5-2-6-26-48)70(46-50)76-65-41-21-13-33-57(65)58-34-14-22-42-66(58)76/h1-46H. The molecule has 0 radical (unpaired) electrons. The lowest BCUT2D eigenvalue weighted by atomic mass is 9.92. The number of nitrogens with zero attached hydrogens (tertiary/aromatic N) is 4. The molecule has 0 N–H and O–H groups in total. The number of hydrogen-bond acceptors (Lipinski definition) is 0. The number of aromatic nitrogens is 4. The number of hydrogen-bond donors (Lipinski definition) is 0. The highest BCUT2D eigenvalue weighted by molar-refractivity contribution is 6.15. The van der Waals surface area contributed by atoms with Crippen molar-refractivity contribution in [2.45, 2.75) is 0 Å². The zero-order valence-corrected chi connectivity index (χ0v) is 41.3. The Morgan fingerprint density at radius 2 is 0.329 bits per heavy atom. The van der Waals surface area contributed by atoms with Crippen LogP contribution in [0.1, 0.15) is 0 Å². The average molecular weight is 967 g/mol. The summed E-state index contributed by atoms with van der Waals surface area (Å²) in [4.78, 5) is 0. The maximum Gasteiger partial charge on any atom is 0.0567 e. The van der Waals surface area contributed by atoms with Crippen molar-refractivity contribution in [1.82, 2.24) is 18.3 Å². The molecular formula is C72H46N4. The van der Waals surface area contributed by atoms with Gasteiger partial charge in [0.25, 0.3) is 0 Å². The van der Waals surface area contributed by atoms with E-state index in [2.05, 4.69) is 297 Å². The summed E-state index contributed by atoms with van der Waals surface area (Å²) in [6.45, 7) is 0. The molecule has 0 saturated carbocycles. The van der Waals surface area contributed by atoms with Gasteiger partial charge in [-0.3, -0.25) is 0 Å². The summed E-state index contributed by atoms with van der Waals surface area (Å²) in [5.74, 6) is 0. The third-order valence-corrected chi connectivity index (χ3v) is 15.9. The molecule has 0 fully saturated rings. The van der Waals surface area contributed by atoms with Crippen LogP contribution in [0.25, 0.3) is 143 Å². The number of fused-ring (bicyclic) bond motifs is 12. The van der Waals surface area contributed by atoms with Gasteiger partial charge in [-0.25, -0.2) is 0 Å². The van der Waals surface area contributed by atoms with Crippen molar-refractivity contribution in [1.29, 1.82) is 0 Å². The van der Waals surface area contributed by atoms with E-state index in [1.54, 1.807) is 0 Å². The van der Waals surface area contributed by atoms with E-state index < -0.39 is 0 Å². The van der Waals surface area contributed by atoms with Crippen molar-refractivity contribution in [3.63, 3.8) is 0 Å². The Labute approximate surface area is 438 Å². The second-order valence-electron chi connectivity index (χ2n) is 20.0. The highest BCUT2D eigenvalue weighted by Gasteiger charge is 2.27. The lowest BCUT2D eigenvalue weighted by Gasteiger charge is -2.24. The minimum absolute atomic E-state index is 1.09. The monoisotopic (exact) mass is 966 g/mol. The minimum Gasteiger partial charge on any atom is -0.309 e. The van der Waals surface area contributed by atoms with Crippen LogP contribution < -0.4 is 0 Å². The smallest absolute Gasteiger partial charge is 0.0567 e. The molecule has 16 rings (SSSR count). The summed E-state index contributed by atoms with van der Waals surface area (Å²) >= 11 is 0. The van der Waals surface area contributed by atoms with Gasteiger partial charge in [-0.15, -0.1) is 0 Å². The lowest BCUT2D eigenvalue weighted by Crippen LogP contribution is -2.07. The summed E-state index contributed by atoms with van der Waals surface area (Å²) in [5, 5.41) is 9.74. The molecule has 76 heavy (non-hydrogen) atoms.